The van der Waals surface area contributed by atoms with Crippen molar-refractivity contribution in [1.82, 2.24) is 25.8 Å². The van der Waals surface area contributed by atoms with Gasteiger partial charge in [-0.25, -0.2) is 18.0 Å². The quantitative estimate of drug-likeness (QED) is 0.133. The van der Waals surface area contributed by atoms with Crippen molar-refractivity contribution in [2.75, 3.05) is 13.2 Å². The Labute approximate surface area is 292 Å². The maximum Gasteiger partial charge on any atom is 0.340 e. The van der Waals surface area contributed by atoms with E-state index in [0.29, 0.717) is 56.6 Å². The highest BCUT2D eigenvalue weighted by atomic mass is 32.1. The molecule has 2 aromatic carbocycles. The van der Waals surface area contributed by atoms with Crippen molar-refractivity contribution in [3.63, 3.8) is 0 Å². The van der Waals surface area contributed by atoms with E-state index in [2.05, 4.69) is 20.8 Å². The molecule has 5 aromatic rings. The Hall–Kier alpha value is -4.88. The number of esters is 1. The molecule has 0 saturated carbocycles. The Kier molecular flexibility index (Phi) is 12.1. The Morgan fingerprint density at radius 1 is 0.980 bits per heavy atom. The van der Waals surface area contributed by atoms with Gasteiger partial charge in [-0.3, -0.25) is 9.78 Å². The summed E-state index contributed by atoms with van der Waals surface area (Å²) < 4.78 is 52.3. The topological polar surface area (TPSA) is 119 Å². The first-order valence-corrected chi connectivity index (χ1v) is 17.4. The fourth-order valence-corrected chi connectivity index (χ4v) is 6.70. The van der Waals surface area contributed by atoms with Crippen molar-refractivity contribution in [2.24, 2.45) is 0 Å². The molecule has 0 bridgehead atoms. The number of ether oxygens (including phenoxy) is 1. The lowest BCUT2D eigenvalue weighted by atomic mass is 9.91. The number of amides is 1. The average molecular weight is 706 g/mol. The van der Waals surface area contributed by atoms with Crippen molar-refractivity contribution in [1.29, 1.82) is 0 Å². The number of nitrogens with zero attached hydrogens (tertiary/aromatic N) is 3. The zero-order valence-electron chi connectivity index (χ0n) is 28.2. The zero-order chi connectivity index (χ0) is 35.8. The van der Waals surface area contributed by atoms with Gasteiger partial charge in [0.05, 0.1) is 40.0 Å². The minimum absolute atomic E-state index is 0.0237. The van der Waals surface area contributed by atoms with Gasteiger partial charge in [0.25, 0.3) is 5.91 Å². The van der Waals surface area contributed by atoms with Gasteiger partial charge >= 0.3 is 5.97 Å². The summed E-state index contributed by atoms with van der Waals surface area (Å²) in [7, 11) is 0. The molecule has 0 radical (unpaired) electrons. The summed E-state index contributed by atoms with van der Waals surface area (Å²) in [5, 5.41) is 14.6. The lowest BCUT2D eigenvalue weighted by molar-refractivity contribution is 0.0524. The van der Waals surface area contributed by atoms with E-state index in [1.165, 1.54) is 18.2 Å². The fourth-order valence-electron chi connectivity index (χ4n) is 5.72. The van der Waals surface area contributed by atoms with Crippen LogP contribution in [0, 0.1) is 24.4 Å². The smallest absolute Gasteiger partial charge is 0.340 e. The van der Waals surface area contributed by atoms with Gasteiger partial charge in [-0.2, -0.15) is 0 Å². The van der Waals surface area contributed by atoms with E-state index < -0.39 is 23.5 Å². The van der Waals surface area contributed by atoms with Crippen LogP contribution < -0.4 is 10.6 Å². The van der Waals surface area contributed by atoms with Gasteiger partial charge < -0.3 is 19.8 Å². The van der Waals surface area contributed by atoms with Crippen LogP contribution in [0.15, 0.2) is 59.0 Å². The summed E-state index contributed by atoms with van der Waals surface area (Å²) in [6.07, 6.45) is 2.54. The number of hydrogen-bond donors (Lipinski definition) is 2. The highest BCUT2D eigenvalue weighted by molar-refractivity contribution is 7.17. The van der Waals surface area contributed by atoms with E-state index in [4.69, 9.17) is 14.1 Å². The number of benzene rings is 2. The van der Waals surface area contributed by atoms with Crippen molar-refractivity contribution in [2.45, 2.75) is 66.0 Å². The number of carbonyl (C=O) groups excluding carboxylic acids is 2. The molecule has 13 heteroatoms. The third-order valence-corrected chi connectivity index (χ3v) is 9.09. The van der Waals surface area contributed by atoms with Crippen LogP contribution in [0.3, 0.4) is 0 Å². The summed E-state index contributed by atoms with van der Waals surface area (Å²) >= 11 is 1.14. The summed E-state index contributed by atoms with van der Waals surface area (Å²) in [6.45, 7) is 8.23. The molecule has 1 amide bonds. The second kappa shape index (κ2) is 16.7. The molecular formula is C37H38F3N5O4S. The molecule has 1 fully saturated rings. The molecule has 0 spiro atoms. The number of aryl methyl sites for hydroxylation is 3. The van der Waals surface area contributed by atoms with Crippen LogP contribution in [-0.4, -0.2) is 40.2 Å². The van der Waals surface area contributed by atoms with Crippen molar-refractivity contribution in [3.05, 3.63) is 111 Å². The Bertz CT molecular complexity index is 1960. The van der Waals surface area contributed by atoms with Crippen LogP contribution >= 0.6 is 11.3 Å². The fraction of sp³-hybridized carbons (Fsp3) is 0.324. The third kappa shape index (κ3) is 8.28. The maximum absolute atomic E-state index is 13.9. The first-order chi connectivity index (χ1) is 24.2. The van der Waals surface area contributed by atoms with E-state index in [1.54, 1.807) is 38.1 Å². The number of hydrogen-bond acceptors (Lipinski definition) is 9. The molecular weight excluding hydrogens is 667 g/mol. The number of thiophene rings is 1. The third-order valence-electron chi connectivity index (χ3n) is 7.99. The van der Waals surface area contributed by atoms with Gasteiger partial charge in [0.15, 0.2) is 11.6 Å². The number of rotatable bonds is 11. The largest absolute Gasteiger partial charge is 0.462 e. The minimum atomic E-state index is -1.00. The van der Waals surface area contributed by atoms with Crippen LogP contribution in [0.4, 0.5) is 13.2 Å². The van der Waals surface area contributed by atoms with Gasteiger partial charge in [-0.05, 0) is 86.7 Å². The lowest BCUT2D eigenvalue weighted by Crippen LogP contribution is -2.22. The van der Waals surface area contributed by atoms with E-state index in [1.807, 2.05) is 13.8 Å². The van der Waals surface area contributed by atoms with Crippen LogP contribution in [0.5, 0.6) is 0 Å². The first-order valence-electron chi connectivity index (χ1n) is 16.6. The summed E-state index contributed by atoms with van der Waals surface area (Å²) in [6, 6.07) is 12.8. The molecule has 3 aromatic heterocycles. The molecule has 1 aliphatic heterocycles. The highest BCUT2D eigenvalue weighted by Crippen LogP contribution is 2.43. The number of carbonyl (C=O) groups is 2. The van der Waals surface area contributed by atoms with Crippen molar-refractivity contribution < 1.29 is 31.9 Å². The van der Waals surface area contributed by atoms with Crippen molar-refractivity contribution in [3.8, 4) is 21.9 Å². The van der Waals surface area contributed by atoms with Crippen LogP contribution in [0.25, 0.3) is 21.9 Å². The first kappa shape index (κ1) is 36.4. The molecule has 1 aliphatic rings. The minimum Gasteiger partial charge on any atom is -0.462 e. The van der Waals surface area contributed by atoms with Gasteiger partial charge in [0, 0.05) is 23.9 Å². The second-order valence-electron chi connectivity index (χ2n) is 11.3. The molecule has 50 heavy (non-hydrogen) atoms. The van der Waals surface area contributed by atoms with Gasteiger partial charge in [0.2, 0.25) is 11.8 Å². The second-order valence-corrected chi connectivity index (χ2v) is 12.4. The molecule has 0 aliphatic carbocycles. The van der Waals surface area contributed by atoms with Gasteiger partial charge in [0.1, 0.15) is 5.82 Å². The molecule has 9 nitrogen and oxygen atoms in total. The normalized spacial score (nSPS) is 13.9. The molecule has 1 unspecified atom stereocenters. The maximum atomic E-state index is 13.9. The molecule has 2 N–H and O–H groups in total. The monoisotopic (exact) mass is 705 g/mol. The standard InChI is InChI=1S/C35H32F3N5O4S.C2H6/c1-3-46-35(45)31-30(27-14-15-28(48-27)33(44)40-18-21-8-12-23(37)24(38)17-21)29(34-43-42-19(2)47-34)25(41-32(31)26-5-4-16-39-26)13-9-20-6-10-22(36)11-7-20;1-2/h6-8,10-12,14-15,17,26,39H,3-5,9,13,16,18H2,1-2H3,(H,40,44);1-2H3. The summed E-state index contributed by atoms with van der Waals surface area (Å²) in [4.78, 5) is 33.1. The SMILES string of the molecule is CC.CCOC(=O)c1c(C2CCCN2)nc(CCc2ccc(F)cc2)c(-c2nnc(C)o2)c1-c1ccc(C(=O)NCc2ccc(F)c(F)c2)s1. The molecule has 6 rings (SSSR count). The van der Waals surface area contributed by atoms with Crippen molar-refractivity contribution >= 4 is 23.2 Å². The number of halogens is 3. The molecule has 4 heterocycles. The summed E-state index contributed by atoms with van der Waals surface area (Å²) in [5.41, 5.74) is 3.53. The molecule has 1 saturated heterocycles. The van der Waals surface area contributed by atoms with Gasteiger partial charge in [-0.1, -0.05) is 32.0 Å². The van der Waals surface area contributed by atoms with E-state index >= 15 is 0 Å². The predicted molar refractivity (Wildman–Crippen MR) is 184 cm³/mol. The van der Waals surface area contributed by atoms with Crippen LogP contribution in [-0.2, 0) is 24.1 Å². The Morgan fingerprint density at radius 2 is 1.74 bits per heavy atom. The van der Waals surface area contributed by atoms with E-state index in [9.17, 15) is 22.8 Å². The van der Waals surface area contributed by atoms with Gasteiger partial charge in [-0.15, -0.1) is 21.5 Å². The Morgan fingerprint density at radius 3 is 2.40 bits per heavy atom. The average Bonchev–Trinajstić information content (AvgIpc) is 3.92. The lowest BCUT2D eigenvalue weighted by Gasteiger charge is -2.22. The number of aromatic nitrogens is 3. The van der Waals surface area contributed by atoms with E-state index in [-0.39, 0.29) is 36.5 Å². The predicted octanol–water partition coefficient (Wildman–Crippen LogP) is 7.93. The highest BCUT2D eigenvalue weighted by Gasteiger charge is 2.34. The summed E-state index contributed by atoms with van der Waals surface area (Å²) in [5.74, 6) is -2.87. The van der Waals surface area contributed by atoms with Crippen LogP contribution in [0.1, 0.15) is 88.1 Å². The molecule has 262 valence electrons. The van der Waals surface area contributed by atoms with E-state index in [0.717, 1.165) is 48.4 Å². The number of pyridine rings is 1. The van der Waals surface area contributed by atoms with Crippen LogP contribution in [0.2, 0.25) is 0 Å². The molecule has 1 atom stereocenters. The number of nitrogens with one attached hydrogen (secondary N) is 2. The Balaban J connectivity index is 0.00000239. The zero-order valence-corrected chi connectivity index (χ0v) is 29.1.